The smallest absolute Gasteiger partial charge is 0.275 e. The van der Waals surface area contributed by atoms with Crippen molar-refractivity contribution < 1.29 is 23.8 Å². The summed E-state index contributed by atoms with van der Waals surface area (Å²) in [6, 6.07) is 13.0. The molecular formula is C28H33N3O5. The average molecular weight is 492 g/mol. The summed E-state index contributed by atoms with van der Waals surface area (Å²) in [7, 11) is 4.74. The van der Waals surface area contributed by atoms with Crippen LogP contribution in [-0.2, 0) is 11.3 Å². The van der Waals surface area contributed by atoms with Crippen LogP contribution in [0.3, 0.4) is 0 Å². The molecule has 2 aromatic carbocycles. The van der Waals surface area contributed by atoms with Gasteiger partial charge in [-0.3, -0.25) is 14.5 Å². The Morgan fingerprint density at radius 1 is 0.944 bits per heavy atom. The first kappa shape index (κ1) is 24.0. The predicted molar refractivity (Wildman–Crippen MR) is 138 cm³/mol. The summed E-state index contributed by atoms with van der Waals surface area (Å²) in [6.45, 7) is 2.15. The summed E-state index contributed by atoms with van der Waals surface area (Å²) < 4.78 is 18.3. The van der Waals surface area contributed by atoms with E-state index in [2.05, 4.69) is 5.32 Å². The Morgan fingerprint density at radius 2 is 1.69 bits per heavy atom. The van der Waals surface area contributed by atoms with Gasteiger partial charge >= 0.3 is 0 Å². The fraction of sp³-hybridized carbons (Fsp3) is 0.429. The molecular weight excluding hydrogens is 458 g/mol. The number of amides is 2. The molecule has 0 saturated heterocycles. The predicted octanol–water partition coefficient (Wildman–Crippen LogP) is 4.54. The van der Waals surface area contributed by atoms with Crippen LogP contribution in [-0.4, -0.2) is 49.3 Å². The van der Waals surface area contributed by atoms with Gasteiger partial charge in [0.05, 0.1) is 33.4 Å². The van der Waals surface area contributed by atoms with E-state index in [4.69, 9.17) is 14.2 Å². The Labute approximate surface area is 211 Å². The molecule has 1 aliphatic heterocycles. The Balaban J connectivity index is 1.64. The van der Waals surface area contributed by atoms with Gasteiger partial charge in [-0.2, -0.15) is 0 Å². The zero-order valence-electron chi connectivity index (χ0n) is 21.3. The maximum Gasteiger partial charge on any atom is 0.275 e. The van der Waals surface area contributed by atoms with Crippen molar-refractivity contribution in [3.8, 4) is 17.2 Å². The lowest BCUT2D eigenvalue weighted by Crippen LogP contribution is -2.65. The maximum atomic E-state index is 14.1. The van der Waals surface area contributed by atoms with Crippen LogP contribution in [0.25, 0.3) is 10.9 Å². The number of hydrogen-bond acceptors (Lipinski definition) is 5. The van der Waals surface area contributed by atoms with Crippen molar-refractivity contribution in [2.45, 2.75) is 57.2 Å². The van der Waals surface area contributed by atoms with Crippen molar-refractivity contribution in [2.24, 2.45) is 0 Å². The quantitative estimate of drug-likeness (QED) is 0.548. The van der Waals surface area contributed by atoms with Gasteiger partial charge < -0.3 is 24.1 Å². The lowest BCUT2D eigenvalue weighted by molar-refractivity contribution is -0.127. The highest BCUT2D eigenvalue weighted by Gasteiger charge is 2.49. The molecule has 3 aromatic rings. The van der Waals surface area contributed by atoms with Crippen molar-refractivity contribution in [3.05, 3.63) is 48.2 Å². The molecule has 2 heterocycles. The van der Waals surface area contributed by atoms with Crippen LogP contribution in [0.15, 0.2) is 42.5 Å². The van der Waals surface area contributed by atoms with Gasteiger partial charge in [0.2, 0.25) is 5.91 Å². The van der Waals surface area contributed by atoms with Crippen LogP contribution in [0.4, 0.5) is 5.69 Å². The number of carbonyl (C=O) groups excluding carboxylic acids is 2. The number of benzene rings is 2. The Morgan fingerprint density at radius 3 is 2.39 bits per heavy atom. The van der Waals surface area contributed by atoms with E-state index < -0.39 is 5.54 Å². The maximum absolute atomic E-state index is 14.1. The molecule has 1 N–H and O–H groups in total. The standard InChI is InChI=1S/C28H33N3O5/c1-28(27(33)29-19-8-6-5-7-9-19)17-30-22-16-21(34-2)12-10-18(22)14-23(30)26(32)31(28)20-11-13-24(35-3)25(15-20)36-4/h10-16,19H,5-9,17H2,1-4H3,(H,29,33)/t28-/m1/s1. The zero-order valence-corrected chi connectivity index (χ0v) is 21.3. The number of rotatable bonds is 6. The zero-order chi connectivity index (χ0) is 25.4. The molecule has 0 radical (unpaired) electrons. The van der Waals surface area contributed by atoms with E-state index >= 15 is 0 Å². The van der Waals surface area contributed by atoms with Crippen LogP contribution in [0.5, 0.6) is 17.2 Å². The second kappa shape index (κ2) is 9.41. The van der Waals surface area contributed by atoms with Crippen molar-refractivity contribution in [1.82, 2.24) is 9.88 Å². The third-order valence-corrected chi connectivity index (χ3v) is 7.55. The molecule has 0 bridgehead atoms. The number of carbonyl (C=O) groups is 2. The van der Waals surface area contributed by atoms with Gasteiger partial charge in [-0.15, -0.1) is 0 Å². The Kier molecular flexibility index (Phi) is 6.28. The number of aromatic nitrogens is 1. The minimum Gasteiger partial charge on any atom is -0.497 e. The van der Waals surface area contributed by atoms with Crippen molar-refractivity contribution in [1.29, 1.82) is 0 Å². The van der Waals surface area contributed by atoms with Gasteiger partial charge in [-0.25, -0.2) is 0 Å². The third-order valence-electron chi connectivity index (χ3n) is 7.55. The van der Waals surface area contributed by atoms with Gasteiger partial charge in [0.25, 0.3) is 5.91 Å². The third kappa shape index (κ3) is 3.94. The van der Waals surface area contributed by atoms with Gasteiger partial charge in [0.15, 0.2) is 11.5 Å². The van der Waals surface area contributed by atoms with Crippen molar-refractivity contribution in [2.75, 3.05) is 26.2 Å². The highest BCUT2D eigenvalue weighted by Crippen LogP contribution is 2.40. The van der Waals surface area contributed by atoms with E-state index in [1.807, 2.05) is 35.8 Å². The number of nitrogens with one attached hydrogen (secondary N) is 1. The van der Waals surface area contributed by atoms with Crippen molar-refractivity contribution in [3.63, 3.8) is 0 Å². The first-order chi connectivity index (χ1) is 17.4. The molecule has 1 aliphatic carbocycles. The van der Waals surface area contributed by atoms with Gasteiger partial charge in [-0.05, 0) is 50.1 Å². The normalized spacial score (nSPS) is 20.2. The van der Waals surface area contributed by atoms with Crippen LogP contribution < -0.4 is 24.4 Å². The molecule has 2 amide bonds. The summed E-state index contributed by atoms with van der Waals surface area (Å²) in [5.41, 5.74) is 0.793. The summed E-state index contributed by atoms with van der Waals surface area (Å²) in [5, 5.41) is 4.19. The van der Waals surface area contributed by atoms with Crippen LogP contribution >= 0.6 is 0 Å². The van der Waals surface area contributed by atoms with Gasteiger partial charge in [0.1, 0.15) is 17.0 Å². The molecule has 190 valence electrons. The van der Waals surface area contributed by atoms with Crippen LogP contribution in [0.1, 0.15) is 49.5 Å². The molecule has 1 saturated carbocycles. The molecule has 36 heavy (non-hydrogen) atoms. The fourth-order valence-electron chi connectivity index (χ4n) is 5.55. The topological polar surface area (TPSA) is 82.0 Å². The number of anilines is 1. The molecule has 2 aliphatic rings. The molecule has 5 rings (SSSR count). The monoisotopic (exact) mass is 491 g/mol. The van der Waals surface area contributed by atoms with E-state index in [0.29, 0.717) is 35.2 Å². The minimum absolute atomic E-state index is 0.119. The lowest BCUT2D eigenvalue weighted by atomic mass is 9.91. The first-order valence-corrected chi connectivity index (χ1v) is 12.4. The SMILES string of the molecule is COc1ccc2cc3n(c2c1)C[C@](C)(C(=O)NC1CCCCC1)N(c1ccc(OC)c(OC)c1)C3=O. The largest absolute Gasteiger partial charge is 0.497 e. The summed E-state index contributed by atoms with van der Waals surface area (Å²) >= 11 is 0. The number of ether oxygens (including phenoxy) is 3. The molecule has 0 spiro atoms. The highest BCUT2D eigenvalue weighted by molar-refractivity contribution is 6.14. The average Bonchev–Trinajstić information content (AvgIpc) is 3.26. The van der Waals surface area contributed by atoms with E-state index in [1.165, 1.54) is 6.42 Å². The lowest BCUT2D eigenvalue weighted by Gasteiger charge is -2.44. The minimum atomic E-state index is -1.17. The Bertz CT molecular complexity index is 1310. The van der Waals surface area contributed by atoms with E-state index in [1.54, 1.807) is 44.4 Å². The number of fused-ring (bicyclic) bond motifs is 3. The highest BCUT2D eigenvalue weighted by atomic mass is 16.5. The van der Waals surface area contributed by atoms with Gasteiger partial charge in [0, 0.05) is 29.2 Å². The molecule has 1 fully saturated rings. The first-order valence-electron chi connectivity index (χ1n) is 12.4. The molecule has 1 atom stereocenters. The van der Waals surface area contributed by atoms with E-state index in [0.717, 1.165) is 36.6 Å². The number of nitrogens with zero attached hydrogens (tertiary/aromatic N) is 2. The molecule has 8 heteroatoms. The second-order valence-corrected chi connectivity index (χ2v) is 9.80. The van der Waals surface area contributed by atoms with E-state index in [-0.39, 0.29) is 17.9 Å². The molecule has 8 nitrogen and oxygen atoms in total. The molecule has 1 aromatic heterocycles. The summed E-state index contributed by atoms with van der Waals surface area (Å²) in [4.78, 5) is 29.7. The van der Waals surface area contributed by atoms with E-state index in [9.17, 15) is 9.59 Å². The molecule has 0 unspecified atom stereocenters. The van der Waals surface area contributed by atoms with Crippen molar-refractivity contribution >= 4 is 28.4 Å². The van der Waals surface area contributed by atoms with Crippen LogP contribution in [0.2, 0.25) is 0 Å². The van der Waals surface area contributed by atoms with Crippen LogP contribution in [0, 0.1) is 0 Å². The fourth-order valence-corrected chi connectivity index (χ4v) is 5.55. The van der Waals surface area contributed by atoms with Gasteiger partial charge in [-0.1, -0.05) is 19.3 Å². The number of methoxy groups -OCH3 is 3. The summed E-state index contributed by atoms with van der Waals surface area (Å²) in [5.74, 6) is 1.35. The summed E-state index contributed by atoms with van der Waals surface area (Å²) in [6.07, 6.45) is 5.32. The second-order valence-electron chi connectivity index (χ2n) is 9.80. The Hall–Kier alpha value is -3.68. The number of hydrogen-bond donors (Lipinski definition) is 1.